The average molecular weight is 642 g/mol. The standard InChI is InChI=1S/C33H30F3N9O2/c34-33(35,36)23-8-5-21(6-9-23)18-45-19-38-29-30(37-16-28-39-24-3-1-2-4-25(24)40-28)41-32(42-31(29)45)44-13-11-43(12-14-44)17-22-7-10-26-27(15-22)47-20-46-26/h1-10,15,19H,11-14,16-18,20H2,(H,39,40)(H,37,41,42). The van der Waals surface area contributed by atoms with E-state index >= 15 is 0 Å². The molecular formula is C33H30F3N9O2. The Bertz CT molecular complexity index is 2020. The minimum absolute atomic E-state index is 0.250. The van der Waals surface area contributed by atoms with Gasteiger partial charge in [-0.25, -0.2) is 9.97 Å². The van der Waals surface area contributed by atoms with E-state index in [-0.39, 0.29) is 6.79 Å². The van der Waals surface area contributed by atoms with E-state index in [0.29, 0.717) is 54.7 Å². The van der Waals surface area contributed by atoms with Gasteiger partial charge in [0.2, 0.25) is 12.7 Å². The van der Waals surface area contributed by atoms with Crippen LogP contribution < -0.4 is 19.7 Å². The molecule has 0 spiro atoms. The molecule has 14 heteroatoms. The Balaban J connectivity index is 1.04. The van der Waals surface area contributed by atoms with E-state index in [9.17, 15) is 13.2 Å². The van der Waals surface area contributed by atoms with Crippen LogP contribution >= 0.6 is 0 Å². The Hall–Kier alpha value is -5.37. The van der Waals surface area contributed by atoms with Crippen LogP contribution in [0.1, 0.15) is 22.5 Å². The topological polar surface area (TPSA) is 109 Å². The fraction of sp³-hybridized carbons (Fsp3) is 0.273. The number of hydrogen-bond donors (Lipinski definition) is 2. The summed E-state index contributed by atoms with van der Waals surface area (Å²) in [5.74, 6) is 3.41. The van der Waals surface area contributed by atoms with Crippen molar-refractivity contribution in [2.24, 2.45) is 0 Å². The summed E-state index contributed by atoms with van der Waals surface area (Å²) in [6.07, 6.45) is -2.74. The molecule has 47 heavy (non-hydrogen) atoms. The van der Waals surface area contributed by atoms with Crippen LogP contribution in [0.5, 0.6) is 11.5 Å². The molecule has 3 aromatic carbocycles. The van der Waals surface area contributed by atoms with Crippen LogP contribution in [0.25, 0.3) is 22.2 Å². The van der Waals surface area contributed by atoms with Crippen LogP contribution in [0, 0.1) is 0 Å². The van der Waals surface area contributed by atoms with Crippen molar-refractivity contribution in [1.29, 1.82) is 0 Å². The van der Waals surface area contributed by atoms with Gasteiger partial charge in [-0.05, 0) is 47.5 Å². The molecule has 0 unspecified atom stereocenters. The van der Waals surface area contributed by atoms with Gasteiger partial charge in [-0.3, -0.25) is 4.90 Å². The van der Waals surface area contributed by atoms with Gasteiger partial charge >= 0.3 is 6.18 Å². The van der Waals surface area contributed by atoms with Gasteiger partial charge in [0.05, 0.1) is 36.0 Å². The van der Waals surface area contributed by atoms with E-state index in [0.717, 1.165) is 65.7 Å². The van der Waals surface area contributed by atoms with E-state index in [1.54, 1.807) is 6.33 Å². The van der Waals surface area contributed by atoms with Crippen molar-refractivity contribution in [3.05, 3.63) is 95.6 Å². The van der Waals surface area contributed by atoms with Gasteiger partial charge < -0.3 is 29.2 Å². The number of H-pyrrole nitrogens is 1. The molecule has 11 nitrogen and oxygen atoms in total. The number of halogens is 3. The molecule has 2 aliphatic rings. The van der Waals surface area contributed by atoms with Crippen molar-refractivity contribution < 1.29 is 22.6 Å². The van der Waals surface area contributed by atoms with Gasteiger partial charge in [-0.1, -0.05) is 30.3 Å². The number of ether oxygens (including phenoxy) is 2. The first-order valence-corrected chi connectivity index (χ1v) is 15.3. The van der Waals surface area contributed by atoms with Gasteiger partial charge in [0.15, 0.2) is 28.5 Å². The molecule has 8 rings (SSSR count). The first kappa shape index (κ1) is 29.1. The third-order valence-corrected chi connectivity index (χ3v) is 8.45. The van der Waals surface area contributed by atoms with E-state index in [1.807, 2.05) is 41.0 Å². The van der Waals surface area contributed by atoms with E-state index in [1.165, 1.54) is 12.1 Å². The molecule has 2 N–H and O–H groups in total. The van der Waals surface area contributed by atoms with Crippen molar-refractivity contribution in [2.45, 2.75) is 25.8 Å². The Morgan fingerprint density at radius 1 is 0.830 bits per heavy atom. The SMILES string of the molecule is FC(F)(F)c1ccc(Cn2cnc3c(NCc4nc5ccccc5[nH]4)nc(N4CCN(Cc5ccc6c(c5)OCO6)CC4)nc32)cc1. The summed E-state index contributed by atoms with van der Waals surface area (Å²) in [5.41, 5.74) is 4.14. The highest BCUT2D eigenvalue weighted by Gasteiger charge is 2.30. The molecule has 5 heterocycles. The Labute approximate surface area is 267 Å². The van der Waals surface area contributed by atoms with Gasteiger partial charge in [-0.15, -0.1) is 0 Å². The molecule has 0 radical (unpaired) electrons. The van der Waals surface area contributed by atoms with E-state index in [4.69, 9.17) is 19.4 Å². The second-order valence-electron chi connectivity index (χ2n) is 11.6. The zero-order valence-corrected chi connectivity index (χ0v) is 25.2. The molecule has 0 aliphatic carbocycles. The zero-order valence-electron chi connectivity index (χ0n) is 25.2. The summed E-state index contributed by atoms with van der Waals surface area (Å²) in [4.78, 5) is 27.0. The lowest BCUT2D eigenvalue weighted by Gasteiger charge is -2.34. The van der Waals surface area contributed by atoms with Crippen LogP contribution in [-0.4, -0.2) is 67.4 Å². The highest BCUT2D eigenvalue weighted by molar-refractivity contribution is 5.84. The fourth-order valence-corrected chi connectivity index (χ4v) is 5.97. The normalized spacial score (nSPS) is 15.2. The predicted molar refractivity (Wildman–Crippen MR) is 169 cm³/mol. The van der Waals surface area contributed by atoms with Gasteiger partial charge in [0.1, 0.15) is 5.82 Å². The molecule has 0 bridgehead atoms. The maximum absolute atomic E-state index is 13.1. The third kappa shape index (κ3) is 5.99. The molecule has 0 amide bonds. The summed E-state index contributed by atoms with van der Waals surface area (Å²) in [6, 6.07) is 19.0. The number of rotatable bonds is 8. The summed E-state index contributed by atoms with van der Waals surface area (Å²) in [7, 11) is 0. The first-order chi connectivity index (χ1) is 22.9. The second kappa shape index (κ2) is 11.8. The third-order valence-electron chi connectivity index (χ3n) is 8.45. The molecule has 0 saturated carbocycles. The minimum atomic E-state index is -4.39. The van der Waals surface area contributed by atoms with Crippen molar-refractivity contribution in [3.8, 4) is 11.5 Å². The Morgan fingerprint density at radius 3 is 2.43 bits per heavy atom. The number of fused-ring (bicyclic) bond motifs is 3. The number of anilines is 2. The van der Waals surface area contributed by atoms with Crippen LogP contribution in [-0.2, 0) is 25.8 Å². The molecule has 2 aliphatic heterocycles. The Morgan fingerprint density at radius 2 is 1.62 bits per heavy atom. The van der Waals surface area contributed by atoms with Crippen molar-refractivity contribution in [1.82, 2.24) is 34.4 Å². The lowest BCUT2D eigenvalue weighted by molar-refractivity contribution is -0.137. The summed E-state index contributed by atoms with van der Waals surface area (Å²) in [5, 5.41) is 3.40. The first-order valence-electron chi connectivity index (χ1n) is 15.3. The molecule has 1 saturated heterocycles. The number of imidazole rings is 2. The van der Waals surface area contributed by atoms with Gasteiger partial charge in [0, 0.05) is 32.7 Å². The predicted octanol–water partition coefficient (Wildman–Crippen LogP) is 5.43. The lowest BCUT2D eigenvalue weighted by atomic mass is 10.1. The number of piperazine rings is 1. The number of aromatic nitrogens is 6. The molecule has 6 aromatic rings. The number of benzene rings is 3. The van der Waals surface area contributed by atoms with E-state index < -0.39 is 11.7 Å². The molecular weight excluding hydrogens is 611 g/mol. The van der Waals surface area contributed by atoms with E-state index in [2.05, 4.69) is 36.1 Å². The number of nitrogens with zero attached hydrogens (tertiary/aromatic N) is 7. The van der Waals surface area contributed by atoms with Crippen molar-refractivity contribution >= 4 is 34.0 Å². The smallest absolute Gasteiger partial charge is 0.416 e. The maximum Gasteiger partial charge on any atom is 0.416 e. The average Bonchev–Trinajstić information content (AvgIpc) is 3.82. The zero-order chi connectivity index (χ0) is 32.0. The van der Waals surface area contributed by atoms with Crippen LogP contribution in [0.4, 0.5) is 24.9 Å². The highest BCUT2D eigenvalue weighted by atomic mass is 19.4. The largest absolute Gasteiger partial charge is 0.454 e. The molecule has 1 fully saturated rings. The minimum Gasteiger partial charge on any atom is -0.454 e. The van der Waals surface area contributed by atoms with Crippen molar-refractivity contribution in [3.63, 3.8) is 0 Å². The summed E-state index contributed by atoms with van der Waals surface area (Å²) < 4.78 is 52.3. The fourth-order valence-electron chi connectivity index (χ4n) is 5.97. The number of alkyl halides is 3. The monoisotopic (exact) mass is 641 g/mol. The summed E-state index contributed by atoms with van der Waals surface area (Å²) in [6.45, 7) is 4.77. The molecule has 240 valence electrons. The van der Waals surface area contributed by atoms with Crippen LogP contribution in [0.3, 0.4) is 0 Å². The number of nitrogens with one attached hydrogen (secondary N) is 2. The number of hydrogen-bond acceptors (Lipinski definition) is 9. The second-order valence-corrected chi connectivity index (χ2v) is 11.6. The van der Waals surface area contributed by atoms with Gasteiger partial charge in [-0.2, -0.15) is 23.1 Å². The highest BCUT2D eigenvalue weighted by Crippen LogP contribution is 2.33. The number of para-hydroxylation sites is 2. The maximum atomic E-state index is 13.1. The number of aromatic amines is 1. The lowest BCUT2D eigenvalue weighted by Crippen LogP contribution is -2.46. The Kier molecular flexibility index (Phi) is 7.28. The van der Waals surface area contributed by atoms with Crippen LogP contribution in [0.2, 0.25) is 0 Å². The molecule has 0 atom stereocenters. The van der Waals surface area contributed by atoms with Crippen molar-refractivity contribution in [2.75, 3.05) is 43.2 Å². The van der Waals surface area contributed by atoms with Crippen LogP contribution in [0.15, 0.2) is 73.1 Å². The van der Waals surface area contributed by atoms with Gasteiger partial charge in [0.25, 0.3) is 0 Å². The summed E-state index contributed by atoms with van der Waals surface area (Å²) >= 11 is 0. The quantitative estimate of drug-likeness (QED) is 0.225. The molecule has 3 aromatic heterocycles.